The molecule has 0 spiro atoms. The molecule has 1 aromatic rings. The molecule has 0 bridgehead atoms. The van der Waals surface area contributed by atoms with Crippen LogP contribution >= 0.6 is 15.9 Å². The fourth-order valence-corrected chi connectivity index (χ4v) is 2.88. The number of carbonyl (C=O) groups excluding carboxylic acids is 1. The van der Waals surface area contributed by atoms with E-state index < -0.39 is 5.82 Å². The summed E-state index contributed by atoms with van der Waals surface area (Å²) in [6.07, 6.45) is 4.82. The summed E-state index contributed by atoms with van der Waals surface area (Å²) in [5, 5.41) is 2.84. The molecule has 0 radical (unpaired) electrons. The lowest BCUT2D eigenvalue weighted by molar-refractivity contribution is 0.0950. The van der Waals surface area contributed by atoms with Crippen molar-refractivity contribution >= 4 is 21.8 Å². The van der Waals surface area contributed by atoms with Crippen molar-refractivity contribution in [3.8, 4) is 0 Å². The van der Waals surface area contributed by atoms with E-state index in [2.05, 4.69) is 26.1 Å². The minimum atomic E-state index is -0.397. The van der Waals surface area contributed by atoms with Gasteiger partial charge >= 0.3 is 0 Å². The molecular formula is C15H20BrFN2O. The first-order chi connectivity index (χ1) is 9.66. The van der Waals surface area contributed by atoms with Gasteiger partial charge in [0.05, 0.1) is 5.56 Å². The van der Waals surface area contributed by atoms with Gasteiger partial charge in [0.2, 0.25) is 0 Å². The average Bonchev–Trinajstić information content (AvgIpc) is 2.47. The van der Waals surface area contributed by atoms with Crippen molar-refractivity contribution in [2.75, 3.05) is 26.2 Å². The lowest BCUT2D eigenvalue weighted by Crippen LogP contribution is -2.33. The van der Waals surface area contributed by atoms with Crippen LogP contribution in [0.3, 0.4) is 0 Å². The molecule has 1 aliphatic rings. The molecule has 110 valence electrons. The molecule has 0 saturated carbocycles. The van der Waals surface area contributed by atoms with Gasteiger partial charge in [-0.2, -0.15) is 0 Å². The Kier molecular flexibility index (Phi) is 5.98. The third-order valence-corrected chi connectivity index (χ3v) is 4.25. The van der Waals surface area contributed by atoms with E-state index in [1.807, 2.05) is 0 Å². The van der Waals surface area contributed by atoms with Crippen LogP contribution in [0.25, 0.3) is 0 Å². The molecule has 0 atom stereocenters. The van der Waals surface area contributed by atoms with E-state index in [4.69, 9.17) is 0 Å². The third-order valence-electron chi connectivity index (χ3n) is 3.56. The standard InChI is InChI=1S/C15H20BrFN2O/c16-14-6-5-12(17)11-13(14)15(20)18-7-4-10-19-8-2-1-3-9-19/h5-6,11H,1-4,7-10H2,(H,18,20). The van der Waals surface area contributed by atoms with Crippen molar-refractivity contribution < 1.29 is 9.18 Å². The Hall–Kier alpha value is -0.940. The molecule has 1 aromatic carbocycles. The maximum Gasteiger partial charge on any atom is 0.252 e. The van der Waals surface area contributed by atoms with Crippen LogP contribution in [0.5, 0.6) is 0 Å². The number of piperidine rings is 1. The van der Waals surface area contributed by atoms with Gasteiger partial charge < -0.3 is 10.2 Å². The first-order valence-corrected chi connectivity index (χ1v) is 7.92. The number of amides is 1. The molecule has 1 saturated heterocycles. The fraction of sp³-hybridized carbons (Fsp3) is 0.533. The second-order valence-electron chi connectivity index (χ2n) is 5.14. The van der Waals surface area contributed by atoms with Gasteiger partial charge in [0, 0.05) is 11.0 Å². The quantitative estimate of drug-likeness (QED) is 0.833. The molecule has 0 aromatic heterocycles. The van der Waals surface area contributed by atoms with Crippen molar-refractivity contribution in [1.82, 2.24) is 10.2 Å². The Labute approximate surface area is 127 Å². The van der Waals surface area contributed by atoms with Gasteiger partial charge in [0.15, 0.2) is 0 Å². The summed E-state index contributed by atoms with van der Waals surface area (Å²) in [6, 6.07) is 4.14. The van der Waals surface area contributed by atoms with Gasteiger partial charge in [0.1, 0.15) is 5.82 Å². The highest BCUT2D eigenvalue weighted by atomic mass is 79.9. The normalized spacial score (nSPS) is 16.1. The summed E-state index contributed by atoms with van der Waals surface area (Å²) in [7, 11) is 0. The maximum absolute atomic E-state index is 13.1. The Morgan fingerprint density at radius 1 is 1.30 bits per heavy atom. The average molecular weight is 343 g/mol. The van der Waals surface area contributed by atoms with Crippen molar-refractivity contribution in [3.05, 3.63) is 34.1 Å². The predicted molar refractivity (Wildman–Crippen MR) is 81.3 cm³/mol. The highest BCUT2D eigenvalue weighted by Gasteiger charge is 2.12. The van der Waals surface area contributed by atoms with E-state index in [0.717, 1.165) is 13.0 Å². The number of halogens is 2. The minimum absolute atomic E-state index is 0.227. The lowest BCUT2D eigenvalue weighted by Gasteiger charge is -2.26. The van der Waals surface area contributed by atoms with Crippen LogP contribution in [0.15, 0.2) is 22.7 Å². The SMILES string of the molecule is O=C(NCCCN1CCCCC1)c1cc(F)ccc1Br. The molecule has 5 heteroatoms. The second kappa shape index (κ2) is 7.74. The summed E-state index contributed by atoms with van der Waals surface area (Å²) in [4.78, 5) is 14.4. The summed E-state index contributed by atoms with van der Waals surface area (Å²) >= 11 is 3.27. The highest BCUT2D eigenvalue weighted by Crippen LogP contribution is 2.17. The Morgan fingerprint density at radius 2 is 2.05 bits per heavy atom. The fourth-order valence-electron chi connectivity index (χ4n) is 2.45. The first kappa shape index (κ1) is 15.4. The number of likely N-dealkylation sites (tertiary alicyclic amines) is 1. The molecule has 2 rings (SSSR count). The van der Waals surface area contributed by atoms with Gasteiger partial charge in [0.25, 0.3) is 5.91 Å². The van der Waals surface area contributed by atoms with Crippen molar-refractivity contribution in [2.45, 2.75) is 25.7 Å². The zero-order valence-electron chi connectivity index (χ0n) is 11.5. The molecule has 1 aliphatic heterocycles. The van der Waals surface area contributed by atoms with Gasteiger partial charge in [-0.1, -0.05) is 6.42 Å². The summed E-state index contributed by atoms with van der Waals surface area (Å²) in [5.41, 5.74) is 0.350. The molecule has 1 amide bonds. The zero-order valence-corrected chi connectivity index (χ0v) is 13.1. The molecular weight excluding hydrogens is 323 g/mol. The maximum atomic E-state index is 13.1. The lowest BCUT2D eigenvalue weighted by atomic mass is 10.1. The van der Waals surface area contributed by atoms with Crippen LogP contribution in [0.2, 0.25) is 0 Å². The third kappa shape index (κ3) is 4.56. The molecule has 1 N–H and O–H groups in total. The molecule has 3 nitrogen and oxygen atoms in total. The number of carbonyl (C=O) groups is 1. The van der Waals surface area contributed by atoms with Crippen LogP contribution in [0, 0.1) is 5.82 Å². The van der Waals surface area contributed by atoms with Crippen molar-refractivity contribution in [1.29, 1.82) is 0 Å². The number of nitrogens with one attached hydrogen (secondary N) is 1. The number of rotatable bonds is 5. The molecule has 1 heterocycles. The van der Waals surface area contributed by atoms with E-state index in [1.165, 1.54) is 44.5 Å². The number of hydrogen-bond acceptors (Lipinski definition) is 2. The Bertz CT molecular complexity index is 461. The summed E-state index contributed by atoms with van der Waals surface area (Å²) < 4.78 is 13.7. The van der Waals surface area contributed by atoms with E-state index in [9.17, 15) is 9.18 Å². The topological polar surface area (TPSA) is 32.3 Å². The number of hydrogen-bond donors (Lipinski definition) is 1. The Balaban J connectivity index is 1.73. The van der Waals surface area contributed by atoms with Crippen molar-refractivity contribution in [3.63, 3.8) is 0 Å². The van der Waals surface area contributed by atoms with Gasteiger partial charge in [-0.3, -0.25) is 4.79 Å². The first-order valence-electron chi connectivity index (χ1n) is 7.12. The highest BCUT2D eigenvalue weighted by molar-refractivity contribution is 9.10. The predicted octanol–water partition coefficient (Wildman–Crippen LogP) is 3.19. The smallest absolute Gasteiger partial charge is 0.252 e. The largest absolute Gasteiger partial charge is 0.352 e. The van der Waals surface area contributed by atoms with Gasteiger partial charge in [-0.05, 0) is 73.0 Å². The second-order valence-corrected chi connectivity index (χ2v) is 5.99. The van der Waals surface area contributed by atoms with Crippen LogP contribution in [0.4, 0.5) is 4.39 Å². The van der Waals surface area contributed by atoms with Gasteiger partial charge in [-0.25, -0.2) is 4.39 Å². The molecule has 0 aliphatic carbocycles. The zero-order chi connectivity index (χ0) is 14.4. The van der Waals surface area contributed by atoms with Gasteiger partial charge in [-0.15, -0.1) is 0 Å². The van der Waals surface area contributed by atoms with E-state index in [0.29, 0.717) is 16.6 Å². The van der Waals surface area contributed by atoms with Crippen molar-refractivity contribution in [2.24, 2.45) is 0 Å². The number of benzene rings is 1. The number of nitrogens with zero attached hydrogens (tertiary/aromatic N) is 1. The summed E-state index contributed by atoms with van der Waals surface area (Å²) in [5.74, 6) is -0.623. The van der Waals surface area contributed by atoms with Crippen LogP contribution in [-0.4, -0.2) is 37.0 Å². The Morgan fingerprint density at radius 3 is 2.80 bits per heavy atom. The molecule has 20 heavy (non-hydrogen) atoms. The molecule has 0 unspecified atom stereocenters. The van der Waals surface area contributed by atoms with E-state index in [1.54, 1.807) is 6.07 Å². The van der Waals surface area contributed by atoms with Crippen LogP contribution in [0.1, 0.15) is 36.0 Å². The van der Waals surface area contributed by atoms with Crippen LogP contribution < -0.4 is 5.32 Å². The van der Waals surface area contributed by atoms with Crippen LogP contribution in [-0.2, 0) is 0 Å². The van der Waals surface area contributed by atoms with E-state index >= 15 is 0 Å². The minimum Gasteiger partial charge on any atom is -0.352 e. The monoisotopic (exact) mass is 342 g/mol. The van der Waals surface area contributed by atoms with E-state index in [-0.39, 0.29) is 5.91 Å². The summed E-state index contributed by atoms with van der Waals surface area (Å²) in [6.45, 7) is 3.98. The molecule has 1 fully saturated rings.